The molecule has 0 amide bonds. The monoisotopic (exact) mass is 284 g/mol. The molecule has 0 saturated carbocycles. The minimum atomic E-state index is 0.648. The van der Waals surface area contributed by atoms with Crippen LogP contribution in [-0.4, -0.2) is 6.54 Å². The van der Waals surface area contributed by atoms with Gasteiger partial charge in [0.2, 0.25) is 0 Å². The van der Waals surface area contributed by atoms with Gasteiger partial charge in [-0.25, -0.2) is 0 Å². The molecule has 2 rings (SSSR count). The van der Waals surface area contributed by atoms with Crippen LogP contribution in [0.25, 0.3) is 0 Å². The molecule has 2 aromatic carbocycles. The van der Waals surface area contributed by atoms with Crippen LogP contribution in [0.2, 0.25) is 5.02 Å². The summed E-state index contributed by atoms with van der Waals surface area (Å²) in [6.45, 7) is 3.03. The molecule has 3 heteroatoms. The predicted molar refractivity (Wildman–Crippen MR) is 84.5 cm³/mol. The number of rotatable bonds is 5. The molecule has 0 radical (unpaired) electrons. The van der Waals surface area contributed by atoms with Crippen LogP contribution in [0.3, 0.4) is 0 Å². The lowest BCUT2D eigenvalue weighted by Gasteiger charge is -2.26. The van der Waals surface area contributed by atoms with Crippen molar-refractivity contribution in [2.75, 3.05) is 11.4 Å². The molecule has 2 aromatic rings. The second kappa shape index (κ2) is 6.98. The summed E-state index contributed by atoms with van der Waals surface area (Å²) in [5, 5.41) is 9.96. The van der Waals surface area contributed by atoms with Gasteiger partial charge >= 0.3 is 0 Å². The number of benzene rings is 2. The lowest BCUT2D eigenvalue weighted by molar-refractivity contribution is 0.785. The van der Waals surface area contributed by atoms with E-state index in [1.54, 1.807) is 12.1 Å². The Bertz CT molecular complexity index is 602. The standard InChI is InChI=1S/C17H17ClN2/c1-2-3-11-20(16-7-5-4-6-8-16)17-12-15(18)10-9-14(17)13-19/h4-10,12H,2-3,11H2,1H3. The van der Waals surface area contributed by atoms with Gasteiger partial charge < -0.3 is 4.90 Å². The molecule has 2 nitrogen and oxygen atoms in total. The first kappa shape index (κ1) is 14.4. The third-order valence-electron chi connectivity index (χ3n) is 3.17. The van der Waals surface area contributed by atoms with E-state index in [0.29, 0.717) is 10.6 Å². The van der Waals surface area contributed by atoms with E-state index in [2.05, 4.69) is 30.0 Å². The molecule has 0 aromatic heterocycles. The zero-order chi connectivity index (χ0) is 14.4. The average Bonchev–Trinajstić information content (AvgIpc) is 2.49. The van der Waals surface area contributed by atoms with Crippen LogP contribution in [0.5, 0.6) is 0 Å². The molecule has 0 bridgehead atoms. The normalized spacial score (nSPS) is 10.1. The Morgan fingerprint density at radius 3 is 2.55 bits per heavy atom. The number of nitriles is 1. The summed E-state index contributed by atoms with van der Waals surface area (Å²) < 4.78 is 0. The fraction of sp³-hybridized carbons (Fsp3) is 0.235. The third-order valence-corrected chi connectivity index (χ3v) is 3.41. The molecule has 102 valence electrons. The average molecular weight is 285 g/mol. The van der Waals surface area contributed by atoms with Crippen LogP contribution >= 0.6 is 11.6 Å². The van der Waals surface area contributed by atoms with E-state index in [1.165, 1.54) is 0 Å². The molecular formula is C17H17ClN2. The van der Waals surface area contributed by atoms with E-state index < -0.39 is 0 Å². The van der Waals surface area contributed by atoms with Gasteiger partial charge in [-0.2, -0.15) is 5.26 Å². The highest BCUT2D eigenvalue weighted by Gasteiger charge is 2.13. The van der Waals surface area contributed by atoms with Gasteiger partial charge in [-0.1, -0.05) is 43.1 Å². The van der Waals surface area contributed by atoms with Gasteiger partial charge in [-0.15, -0.1) is 0 Å². The SMILES string of the molecule is CCCCN(c1ccccc1)c1cc(Cl)ccc1C#N. The van der Waals surface area contributed by atoms with Crippen molar-refractivity contribution in [2.45, 2.75) is 19.8 Å². The van der Waals surface area contributed by atoms with Gasteiger partial charge in [-0.05, 0) is 36.8 Å². The summed E-state index contributed by atoms with van der Waals surface area (Å²) in [6.07, 6.45) is 2.16. The molecule has 0 saturated heterocycles. The maximum Gasteiger partial charge on any atom is 0.101 e. The molecule has 0 atom stereocenters. The van der Waals surface area contributed by atoms with Gasteiger partial charge in [0, 0.05) is 17.3 Å². The Labute approximate surface area is 125 Å². The fourth-order valence-corrected chi connectivity index (χ4v) is 2.30. The van der Waals surface area contributed by atoms with E-state index in [4.69, 9.17) is 11.6 Å². The van der Waals surface area contributed by atoms with E-state index in [9.17, 15) is 5.26 Å². The quantitative estimate of drug-likeness (QED) is 0.759. The van der Waals surface area contributed by atoms with Gasteiger partial charge in [0.05, 0.1) is 11.3 Å². The highest BCUT2D eigenvalue weighted by molar-refractivity contribution is 6.30. The molecule has 20 heavy (non-hydrogen) atoms. The molecule has 0 N–H and O–H groups in total. The number of nitrogens with zero attached hydrogens (tertiary/aromatic N) is 2. The second-order valence-electron chi connectivity index (χ2n) is 4.61. The largest absolute Gasteiger partial charge is 0.340 e. The summed E-state index contributed by atoms with van der Waals surface area (Å²) in [4.78, 5) is 2.16. The summed E-state index contributed by atoms with van der Waals surface area (Å²) in [5.41, 5.74) is 2.61. The first-order valence-electron chi connectivity index (χ1n) is 6.78. The van der Waals surface area contributed by atoms with Crippen molar-refractivity contribution in [3.63, 3.8) is 0 Å². The molecule has 0 fully saturated rings. The highest BCUT2D eigenvalue weighted by atomic mass is 35.5. The van der Waals surface area contributed by atoms with Crippen molar-refractivity contribution in [3.8, 4) is 6.07 Å². The van der Waals surface area contributed by atoms with Crippen LogP contribution in [0.1, 0.15) is 25.3 Å². The summed E-state index contributed by atoms with van der Waals surface area (Å²) in [5.74, 6) is 0. The smallest absolute Gasteiger partial charge is 0.101 e. The second-order valence-corrected chi connectivity index (χ2v) is 5.05. The Morgan fingerprint density at radius 1 is 1.15 bits per heavy atom. The zero-order valence-corrected chi connectivity index (χ0v) is 12.3. The van der Waals surface area contributed by atoms with Gasteiger partial charge in [0.25, 0.3) is 0 Å². The Morgan fingerprint density at radius 2 is 1.90 bits per heavy atom. The van der Waals surface area contributed by atoms with Crippen LogP contribution in [0.15, 0.2) is 48.5 Å². The maximum atomic E-state index is 9.31. The van der Waals surface area contributed by atoms with E-state index >= 15 is 0 Å². The van der Waals surface area contributed by atoms with E-state index in [0.717, 1.165) is 30.8 Å². The van der Waals surface area contributed by atoms with Crippen molar-refractivity contribution >= 4 is 23.0 Å². The Balaban J connectivity index is 2.46. The van der Waals surface area contributed by atoms with Gasteiger partial charge in [0.15, 0.2) is 0 Å². The summed E-state index contributed by atoms with van der Waals surface area (Å²) in [7, 11) is 0. The fourth-order valence-electron chi connectivity index (χ4n) is 2.14. The van der Waals surface area contributed by atoms with Crippen LogP contribution in [-0.2, 0) is 0 Å². The minimum Gasteiger partial charge on any atom is -0.340 e. The predicted octanol–water partition coefficient (Wildman–Crippen LogP) is 5.15. The highest BCUT2D eigenvalue weighted by Crippen LogP contribution is 2.31. The molecule has 0 unspecified atom stereocenters. The first-order chi connectivity index (χ1) is 9.76. The van der Waals surface area contributed by atoms with Crippen molar-refractivity contribution in [3.05, 3.63) is 59.1 Å². The zero-order valence-electron chi connectivity index (χ0n) is 11.5. The lowest BCUT2D eigenvalue weighted by Crippen LogP contribution is -2.19. The minimum absolute atomic E-state index is 0.648. The van der Waals surface area contributed by atoms with Crippen molar-refractivity contribution in [2.24, 2.45) is 0 Å². The van der Waals surface area contributed by atoms with Gasteiger partial charge in [-0.3, -0.25) is 0 Å². The third kappa shape index (κ3) is 3.31. The van der Waals surface area contributed by atoms with Crippen LogP contribution < -0.4 is 4.90 Å². The van der Waals surface area contributed by atoms with E-state index in [1.807, 2.05) is 24.3 Å². The summed E-state index contributed by atoms with van der Waals surface area (Å²) in [6, 6.07) is 17.8. The number of para-hydroxylation sites is 1. The number of hydrogen-bond acceptors (Lipinski definition) is 2. The van der Waals surface area contributed by atoms with E-state index in [-0.39, 0.29) is 0 Å². The topological polar surface area (TPSA) is 27.0 Å². The van der Waals surface area contributed by atoms with Crippen molar-refractivity contribution in [1.82, 2.24) is 0 Å². The molecule has 0 heterocycles. The molecule has 0 aliphatic rings. The van der Waals surface area contributed by atoms with Gasteiger partial charge in [0.1, 0.15) is 6.07 Å². The maximum absolute atomic E-state index is 9.31. The Hall–Kier alpha value is -1.98. The molecule has 0 aliphatic heterocycles. The number of hydrogen-bond donors (Lipinski definition) is 0. The number of halogens is 1. The van der Waals surface area contributed by atoms with Crippen molar-refractivity contribution < 1.29 is 0 Å². The number of unbranched alkanes of at least 4 members (excludes halogenated alkanes) is 1. The lowest BCUT2D eigenvalue weighted by atomic mass is 10.1. The summed E-state index contributed by atoms with van der Waals surface area (Å²) >= 11 is 6.10. The number of anilines is 2. The first-order valence-corrected chi connectivity index (χ1v) is 7.16. The molecular weight excluding hydrogens is 268 g/mol. The van der Waals surface area contributed by atoms with Crippen LogP contribution in [0, 0.1) is 11.3 Å². The van der Waals surface area contributed by atoms with Crippen molar-refractivity contribution in [1.29, 1.82) is 5.26 Å². The molecule has 0 aliphatic carbocycles. The molecule has 0 spiro atoms. The van der Waals surface area contributed by atoms with Crippen LogP contribution in [0.4, 0.5) is 11.4 Å². The Kier molecular flexibility index (Phi) is 5.03.